The van der Waals surface area contributed by atoms with E-state index in [1.807, 2.05) is 13.8 Å². The number of nitrogens with one attached hydrogen (secondary N) is 1. The van der Waals surface area contributed by atoms with Crippen molar-refractivity contribution in [1.29, 1.82) is 0 Å². The van der Waals surface area contributed by atoms with Crippen LogP contribution in [0.15, 0.2) is 24.3 Å². The molecule has 0 radical (unpaired) electrons. The predicted molar refractivity (Wildman–Crippen MR) is 88.7 cm³/mol. The van der Waals surface area contributed by atoms with Crippen LogP contribution in [0.1, 0.15) is 36.1 Å². The fourth-order valence-electron chi connectivity index (χ4n) is 2.06. The van der Waals surface area contributed by atoms with E-state index in [2.05, 4.69) is 10.3 Å². The van der Waals surface area contributed by atoms with Crippen molar-refractivity contribution in [3.8, 4) is 0 Å². The number of aryl methyl sites for hydroxylation is 1. The first-order valence-corrected chi connectivity index (χ1v) is 7.95. The zero-order valence-electron chi connectivity index (χ0n) is 13.4. The summed E-state index contributed by atoms with van der Waals surface area (Å²) in [6.07, 6.45) is 0. The summed E-state index contributed by atoms with van der Waals surface area (Å²) < 4.78 is 13.4. The van der Waals surface area contributed by atoms with E-state index in [0.29, 0.717) is 15.7 Å². The van der Waals surface area contributed by atoms with Crippen molar-refractivity contribution >= 4 is 34.0 Å². The second kappa shape index (κ2) is 6.87. The van der Waals surface area contributed by atoms with E-state index < -0.39 is 5.82 Å². The van der Waals surface area contributed by atoms with Crippen LogP contribution in [0.2, 0.25) is 0 Å². The molecule has 0 atom stereocenters. The van der Waals surface area contributed by atoms with Gasteiger partial charge in [-0.15, -0.1) is 11.3 Å². The van der Waals surface area contributed by atoms with Crippen LogP contribution >= 0.6 is 11.3 Å². The van der Waals surface area contributed by atoms with Crippen molar-refractivity contribution in [1.82, 2.24) is 10.3 Å². The third kappa shape index (κ3) is 3.92. The highest BCUT2D eigenvalue weighted by Crippen LogP contribution is 2.32. The number of halogens is 1. The summed E-state index contributed by atoms with van der Waals surface area (Å²) in [7, 11) is 0. The van der Waals surface area contributed by atoms with Gasteiger partial charge in [0.2, 0.25) is 5.91 Å². The molecule has 0 aliphatic rings. The maximum absolute atomic E-state index is 13.4. The Bertz CT molecular complexity index is 743. The summed E-state index contributed by atoms with van der Waals surface area (Å²) in [6.45, 7) is 6.85. The van der Waals surface area contributed by atoms with E-state index in [4.69, 9.17) is 0 Å². The Morgan fingerprint density at radius 3 is 2.61 bits per heavy atom. The van der Waals surface area contributed by atoms with Gasteiger partial charge in [-0.2, -0.15) is 0 Å². The molecule has 1 N–H and O–H groups in total. The molecule has 2 rings (SSSR count). The molecule has 122 valence electrons. The number of aromatic nitrogens is 1. The van der Waals surface area contributed by atoms with Crippen molar-refractivity contribution < 1.29 is 14.0 Å². The van der Waals surface area contributed by atoms with Gasteiger partial charge >= 0.3 is 0 Å². The number of nitrogens with zero attached hydrogens (tertiary/aromatic N) is 2. The molecular weight excluding hydrogens is 317 g/mol. The van der Waals surface area contributed by atoms with Gasteiger partial charge in [-0.05, 0) is 39.0 Å². The summed E-state index contributed by atoms with van der Waals surface area (Å²) >= 11 is 1.22. The number of carbonyl (C=O) groups excluding carboxylic acids is 2. The van der Waals surface area contributed by atoms with Crippen LogP contribution in [-0.4, -0.2) is 22.8 Å². The lowest BCUT2D eigenvalue weighted by atomic mass is 10.3. The second-order valence-electron chi connectivity index (χ2n) is 5.36. The first-order valence-electron chi connectivity index (χ1n) is 7.14. The summed E-state index contributed by atoms with van der Waals surface area (Å²) in [6, 6.07) is 5.68. The number of thiazole rings is 1. The maximum Gasteiger partial charge on any atom is 0.271 e. The van der Waals surface area contributed by atoms with Gasteiger partial charge in [0, 0.05) is 17.8 Å². The molecule has 2 aromatic rings. The smallest absolute Gasteiger partial charge is 0.271 e. The molecule has 0 fully saturated rings. The lowest BCUT2D eigenvalue weighted by Gasteiger charge is -2.17. The van der Waals surface area contributed by atoms with Crippen LogP contribution in [0.4, 0.5) is 15.2 Å². The average Bonchev–Trinajstić information content (AvgIpc) is 2.79. The molecule has 0 aliphatic heterocycles. The quantitative estimate of drug-likeness (QED) is 0.931. The van der Waals surface area contributed by atoms with Gasteiger partial charge in [-0.25, -0.2) is 9.37 Å². The molecule has 23 heavy (non-hydrogen) atoms. The van der Waals surface area contributed by atoms with Gasteiger partial charge in [-0.3, -0.25) is 14.5 Å². The van der Waals surface area contributed by atoms with Crippen molar-refractivity contribution in [2.75, 3.05) is 4.90 Å². The molecule has 0 spiro atoms. The summed E-state index contributed by atoms with van der Waals surface area (Å²) in [4.78, 5) is 30.4. The number of carbonyl (C=O) groups is 2. The van der Waals surface area contributed by atoms with Gasteiger partial charge < -0.3 is 5.32 Å². The lowest BCUT2D eigenvalue weighted by molar-refractivity contribution is -0.115. The minimum absolute atomic E-state index is 0.0146. The number of hydrogen-bond donors (Lipinski definition) is 1. The minimum atomic E-state index is -0.445. The van der Waals surface area contributed by atoms with E-state index in [1.165, 1.54) is 41.4 Å². The molecule has 0 saturated heterocycles. The number of anilines is 2. The van der Waals surface area contributed by atoms with E-state index in [0.717, 1.165) is 0 Å². The minimum Gasteiger partial charge on any atom is -0.348 e. The van der Waals surface area contributed by atoms with Gasteiger partial charge in [0.1, 0.15) is 11.5 Å². The topological polar surface area (TPSA) is 62.3 Å². The van der Waals surface area contributed by atoms with E-state index in [9.17, 15) is 14.0 Å². The summed E-state index contributed by atoms with van der Waals surface area (Å²) in [5, 5.41) is 3.11. The number of amides is 2. The van der Waals surface area contributed by atoms with Crippen LogP contribution in [0.5, 0.6) is 0 Å². The third-order valence-corrected chi connectivity index (χ3v) is 3.95. The predicted octanol–water partition coefficient (Wildman–Crippen LogP) is 3.41. The van der Waals surface area contributed by atoms with Crippen molar-refractivity contribution in [2.45, 2.75) is 33.7 Å². The van der Waals surface area contributed by atoms with Crippen LogP contribution in [0.25, 0.3) is 0 Å². The molecule has 7 heteroatoms. The number of benzene rings is 1. The fourth-order valence-corrected chi connectivity index (χ4v) is 3.03. The Hall–Kier alpha value is -2.28. The summed E-state index contributed by atoms with van der Waals surface area (Å²) in [5.74, 6) is -1.04. The van der Waals surface area contributed by atoms with Crippen molar-refractivity contribution in [2.24, 2.45) is 0 Å². The molecule has 0 saturated carbocycles. The fraction of sp³-hybridized carbons (Fsp3) is 0.312. The molecule has 1 aromatic carbocycles. The third-order valence-electron chi connectivity index (χ3n) is 2.99. The first-order chi connectivity index (χ1) is 10.8. The van der Waals surface area contributed by atoms with Crippen molar-refractivity contribution in [3.05, 3.63) is 40.7 Å². The van der Waals surface area contributed by atoms with Crippen LogP contribution in [0.3, 0.4) is 0 Å². The lowest BCUT2D eigenvalue weighted by Crippen LogP contribution is -2.31. The van der Waals surface area contributed by atoms with Crippen LogP contribution in [-0.2, 0) is 4.79 Å². The number of rotatable bonds is 4. The maximum atomic E-state index is 13.4. The molecule has 5 nitrogen and oxygen atoms in total. The highest BCUT2D eigenvalue weighted by Gasteiger charge is 2.23. The second-order valence-corrected chi connectivity index (χ2v) is 6.55. The SMILES string of the molecule is CC(=O)N(c1cccc(F)c1)c1nc(C(=O)NC(C)C)c(C)s1. The Morgan fingerprint density at radius 2 is 2.04 bits per heavy atom. The molecule has 0 unspecified atom stereocenters. The van der Waals surface area contributed by atoms with Crippen LogP contribution < -0.4 is 10.2 Å². The molecular formula is C16H18FN3O2S. The van der Waals surface area contributed by atoms with Gasteiger partial charge in [0.15, 0.2) is 5.13 Å². The molecule has 1 aromatic heterocycles. The molecule has 1 heterocycles. The van der Waals surface area contributed by atoms with Crippen LogP contribution in [0, 0.1) is 12.7 Å². The van der Waals surface area contributed by atoms with E-state index in [-0.39, 0.29) is 23.6 Å². The Balaban J connectivity index is 2.42. The normalized spacial score (nSPS) is 10.7. The number of hydrogen-bond acceptors (Lipinski definition) is 4. The highest BCUT2D eigenvalue weighted by atomic mass is 32.1. The largest absolute Gasteiger partial charge is 0.348 e. The van der Waals surface area contributed by atoms with Gasteiger partial charge in [0.05, 0.1) is 5.69 Å². The van der Waals surface area contributed by atoms with E-state index >= 15 is 0 Å². The monoisotopic (exact) mass is 335 g/mol. The van der Waals surface area contributed by atoms with Crippen molar-refractivity contribution in [3.63, 3.8) is 0 Å². The zero-order chi connectivity index (χ0) is 17.1. The zero-order valence-corrected chi connectivity index (χ0v) is 14.2. The standard InChI is InChI=1S/C16H18FN3O2S/c1-9(2)18-15(22)14-10(3)23-16(19-14)20(11(4)21)13-7-5-6-12(17)8-13/h5-9H,1-4H3,(H,18,22). The Kier molecular flexibility index (Phi) is 5.10. The van der Waals surface area contributed by atoms with Gasteiger partial charge in [0.25, 0.3) is 5.91 Å². The average molecular weight is 335 g/mol. The highest BCUT2D eigenvalue weighted by molar-refractivity contribution is 7.16. The summed E-state index contributed by atoms with van der Waals surface area (Å²) in [5.41, 5.74) is 0.656. The van der Waals surface area contributed by atoms with Gasteiger partial charge in [-0.1, -0.05) is 6.07 Å². The van der Waals surface area contributed by atoms with E-state index in [1.54, 1.807) is 13.0 Å². The molecule has 0 bridgehead atoms. The molecule has 0 aliphatic carbocycles. The Morgan fingerprint density at radius 1 is 1.35 bits per heavy atom. The molecule has 2 amide bonds. The first kappa shape index (κ1) is 17.1. The Labute approximate surface area is 138 Å².